The van der Waals surface area contributed by atoms with E-state index in [1.165, 1.54) is 0 Å². The van der Waals surface area contributed by atoms with Crippen molar-refractivity contribution in [3.8, 4) is 0 Å². The topological polar surface area (TPSA) is 117 Å². The number of nitrogens with one attached hydrogen (secondary N) is 3. The van der Waals surface area contributed by atoms with Gasteiger partial charge in [-0.05, 0) is 44.4 Å². The summed E-state index contributed by atoms with van der Waals surface area (Å²) in [6.07, 6.45) is -0.722. The van der Waals surface area contributed by atoms with Crippen LogP contribution in [0.1, 0.15) is 40.2 Å². The Morgan fingerprint density at radius 2 is 1.71 bits per heavy atom. The summed E-state index contributed by atoms with van der Waals surface area (Å²) in [7, 11) is 0. The molecule has 3 amide bonds. The molecule has 0 aliphatic rings. The van der Waals surface area contributed by atoms with Crippen LogP contribution in [0.5, 0.6) is 0 Å². The lowest BCUT2D eigenvalue weighted by Gasteiger charge is -2.25. The van der Waals surface area contributed by atoms with Crippen LogP contribution in [0.2, 0.25) is 0 Å². The van der Waals surface area contributed by atoms with E-state index in [1.807, 2.05) is 0 Å². The number of carbonyl (C=O) groups is 3. The summed E-state index contributed by atoms with van der Waals surface area (Å²) in [5.74, 6) is -1.41. The molecule has 1 aromatic rings. The first-order valence-electron chi connectivity index (χ1n) is 8.93. The molecule has 1 aromatic carbocycles. The van der Waals surface area contributed by atoms with Crippen LogP contribution in [0.25, 0.3) is 0 Å². The first kappa shape index (κ1) is 23.2. The minimum Gasteiger partial charge on any atom is -0.444 e. The molecule has 8 nitrogen and oxygen atoms in total. The number of hydrogen-bond donors (Lipinski definition) is 4. The highest BCUT2D eigenvalue weighted by atomic mass is 16.6. The molecule has 0 spiro atoms. The van der Waals surface area contributed by atoms with Crippen molar-refractivity contribution in [3.05, 3.63) is 42.1 Å². The molecule has 1 atom stereocenters. The van der Waals surface area contributed by atoms with Gasteiger partial charge in [0, 0.05) is 5.69 Å². The van der Waals surface area contributed by atoms with Crippen LogP contribution in [0.3, 0.4) is 0 Å². The zero-order valence-electron chi connectivity index (χ0n) is 17.0. The van der Waals surface area contributed by atoms with Gasteiger partial charge in [0.05, 0.1) is 12.3 Å². The Kier molecular flexibility index (Phi) is 8.18. The van der Waals surface area contributed by atoms with Crippen molar-refractivity contribution in [2.45, 2.75) is 52.9 Å². The molecule has 0 aromatic heterocycles. The highest BCUT2D eigenvalue weighted by Crippen LogP contribution is 2.11. The van der Waals surface area contributed by atoms with Gasteiger partial charge in [0.2, 0.25) is 5.91 Å². The number of aliphatic hydroxyl groups is 1. The standard InChI is InChI=1S/C20H29N3O5/c1-12(2)16(23-19(27)28-20(4,5)6)18(26)21-13(3)17(25)22-15-9-7-14(11-24)8-10-15/h7-10,12,16,24H,3,11H2,1-2,4-6H3,(H,21,26)(H,22,25)(H,23,27). The Balaban J connectivity index is 2.68. The Bertz CT molecular complexity index is 720. The molecule has 28 heavy (non-hydrogen) atoms. The number of hydrogen-bond acceptors (Lipinski definition) is 5. The van der Waals surface area contributed by atoms with E-state index < -0.39 is 29.6 Å². The zero-order chi connectivity index (χ0) is 21.5. The monoisotopic (exact) mass is 391 g/mol. The molecule has 0 saturated carbocycles. The van der Waals surface area contributed by atoms with Crippen LogP contribution < -0.4 is 16.0 Å². The van der Waals surface area contributed by atoms with E-state index in [1.54, 1.807) is 58.9 Å². The van der Waals surface area contributed by atoms with Crippen LogP contribution in [-0.4, -0.2) is 34.7 Å². The van der Waals surface area contributed by atoms with E-state index in [0.29, 0.717) is 11.3 Å². The van der Waals surface area contributed by atoms with Gasteiger partial charge >= 0.3 is 6.09 Å². The van der Waals surface area contributed by atoms with Crippen molar-refractivity contribution in [2.75, 3.05) is 5.32 Å². The number of rotatable bonds is 7. The molecule has 0 radical (unpaired) electrons. The fourth-order valence-corrected chi connectivity index (χ4v) is 2.15. The van der Waals surface area contributed by atoms with E-state index in [0.717, 1.165) is 0 Å². The SMILES string of the molecule is C=C(NC(=O)C(NC(=O)OC(C)(C)C)C(C)C)C(=O)Nc1ccc(CO)cc1. The van der Waals surface area contributed by atoms with Gasteiger partial charge in [-0.1, -0.05) is 32.6 Å². The number of ether oxygens (including phenoxy) is 1. The van der Waals surface area contributed by atoms with Gasteiger partial charge in [-0.25, -0.2) is 4.79 Å². The van der Waals surface area contributed by atoms with Crippen molar-refractivity contribution < 1.29 is 24.2 Å². The largest absolute Gasteiger partial charge is 0.444 e. The first-order valence-corrected chi connectivity index (χ1v) is 8.93. The Morgan fingerprint density at radius 3 is 2.18 bits per heavy atom. The average Bonchev–Trinajstić information content (AvgIpc) is 2.58. The zero-order valence-corrected chi connectivity index (χ0v) is 17.0. The normalized spacial score (nSPS) is 12.1. The second kappa shape index (κ2) is 9.89. The molecule has 0 fully saturated rings. The van der Waals surface area contributed by atoms with Gasteiger partial charge in [-0.3, -0.25) is 9.59 Å². The predicted octanol–water partition coefficient (Wildman–Crippen LogP) is 2.30. The molecule has 0 aliphatic heterocycles. The van der Waals surface area contributed by atoms with Gasteiger partial charge in [-0.15, -0.1) is 0 Å². The minimum atomic E-state index is -0.900. The molecule has 1 rings (SSSR count). The van der Waals surface area contributed by atoms with Crippen LogP contribution >= 0.6 is 0 Å². The summed E-state index contributed by atoms with van der Waals surface area (Å²) >= 11 is 0. The highest BCUT2D eigenvalue weighted by Gasteiger charge is 2.28. The van der Waals surface area contributed by atoms with Crippen LogP contribution in [-0.2, 0) is 20.9 Å². The summed E-state index contributed by atoms with van der Waals surface area (Å²) < 4.78 is 5.17. The predicted molar refractivity (Wildman–Crippen MR) is 106 cm³/mol. The van der Waals surface area contributed by atoms with Crippen LogP contribution in [0, 0.1) is 5.92 Å². The average molecular weight is 391 g/mol. The molecule has 4 N–H and O–H groups in total. The molecular weight excluding hydrogens is 362 g/mol. The molecule has 8 heteroatoms. The third-order valence-corrected chi connectivity index (χ3v) is 3.56. The maximum atomic E-state index is 12.5. The number of alkyl carbamates (subject to hydrolysis) is 1. The lowest BCUT2D eigenvalue weighted by Crippen LogP contribution is -2.51. The lowest BCUT2D eigenvalue weighted by atomic mass is 10.0. The Hall–Kier alpha value is -2.87. The fourth-order valence-electron chi connectivity index (χ4n) is 2.15. The molecule has 0 heterocycles. The summed E-state index contributed by atoms with van der Waals surface area (Å²) in [6.45, 7) is 12.1. The van der Waals surface area contributed by atoms with Gasteiger partial charge < -0.3 is 25.8 Å². The maximum absolute atomic E-state index is 12.5. The second-order valence-corrected chi connectivity index (χ2v) is 7.64. The number of carbonyl (C=O) groups excluding carboxylic acids is 3. The van der Waals surface area contributed by atoms with Gasteiger partial charge in [0.25, 0.3) is 5.91 Å². The maximum Gasteiger partial charge on any atom is 0.408 e. The van der Waals surface area contributed by atoms with Crippen LogP contribution in [0.15, 0.2) is 36.5 Å². The third-order valence-electron chi connectivity index (χ3n) is 3.56. The minimum absolute atomic E-state index is 0.0990. The van der Waals surface area contributed by atoms with Crippen molar-refractivity contribution >= 4 is 23.6 Å². The first-order chi connectivity index (χ1) is 12.9. The quantitative estimate of drug-likeness (QED) is 0.532. The summed E-state index contributed by atoms with van der Waals surface area (Å²) in [5, 5.41) is 16.5. The van der Waals surface area contributed by atoms with E-state index in [4.69, 9.17) is 9.84 Å². The second-order valence-electron chi connectivity index (χ2n) is 7.64. The van der Waals surface area contributed by atoms with Gasteiger partial charge in [0.1, 0.15) is 11.6 Å². The van der Waals surface area contributed by atoms with Crippen molar-refractivity contribution in [1.82, 2.24) is 10.6 Å². The molecule has 154 valence electrons. The fraction of sp³-hybridized carbons (Fsp3) is 0.450. The molecule has 1 unspecified atom stereocenters. The third kappa shape index (κ3) is 7.79. The van der Waals surface area contributed by atoms with E-state index in [-0.39, 0.29) is 18.2 Å². The van der Waals surface area contributed by atoms with Crippen molar-refractivity contribution in [3.63, 3.8) is 0 Å². The lowest BCUT2D eigenvalue weighted by molar-refractivity contribution is -0.125. The van der Waals surface area contributed by atoms with Crippen molar-refractivity contribution in [2.24, 2.45) is 5.92 Å². The van der Waals surface area contributed by atoms with E-state index in [2.05, 4.69) is 22.5 Å². The molecule has 0 bridgehead atoms. The van der Waals surface area contributed by atoms with Gasteiger partial charge in [-0.2, -0.15) is 0 Å². The smallest absolute Gasteiger partial charge is 0.408 e. The Morgan fingerprint density at radius 1 is 1.14 bits per heavy atom. The van der Waals surface area contributed by atoms with E-state index in [9.17, 15) is 14.4 Å². The molecular formula is C20H29N3O5. The Labute approximate surface area is 165 Å². The van der Waals surface area contributed by atoms with E-state index >= 15 is 0 Å². The number of aliphatic hydroxyl groups excluding tert-OH is 1. The molecule has 0 aliphatic carbocycles. The summed E-state index contributed by atoms with van der Waals surface area (Å²) in [4.78, 5) is 36.7. The van der Waals surface area contributed by atoms with Crippen molar-refractivity contribution in [1.29, 1.82) is 0 Å². The van der Waals surface area contributed by atoms with Crippen LogP contribution in [0.4, 0.5) is 10.5 Å². The number of anilines is 1. The molecule has 0 saturated heterocycles. The summed E-state index contributed by atoms with van der Waals surface area (Å²) in [6, 6.07) is 5.68. The highest BCUT2D eigenvalue weighted by molar-refractivity contribution is 6.06. The number of benzene rings is 1. The number of amides is 3. The van der Waals surface area contributed by atoms with Gasteiger partial charge in [0.15, 0.2) is 0 Å². The summed E-state index contributed by atoms with van der Waals surface area (Å²) in [5.41, 5.74) is 0.341.